The Hall–Kier alpha value is -3.00. The van der Waals surface area contributed by atoms with Crippen molar-refractivity contribution in [3.8, 4) is 0 Å². The molecule has 32 heavy (non-hydrogen) atoms. The van der Waals surface area contributed by atoms with Gasteiger partial charge in [0.1, 0.15) is 11.6 Å². The second-order valence-electron chi connectivity index (χ2n) is 8.86. The molecule has 2 aromatic heterocycles. The number of para-hydroxylation sites is 2. The Morgan fingerprint density at radius 1 is 1.00 bits per heavy atom. The minimum absolute atomic E-state index is 0.141. The van der Waals surface area contributed by atoms with Crippen LogP contribution in [0.5, 0.6) is 0 Å². The molecule has 3 heterocycles. The zero-order valence-corrected chi connectivity index (χ0v) is 18.2. The van der Waals surface area contributed by atoms with Crippen LogP contribution in [0.2, 0.25) is 0 Å². The summed E-state index contributed by atoms with van der Waals surface area (Å²) in [7, 11) is 0. The average molecular weight is 435 g/mol. The predicted molar refractivity (Wildman–Crippen MR) is 125 cm³/mol. The SMILES string of the molecule is O=c1ccc(N2CCCCC2CNc2cnc3ccccc3n2)nn1C1CCCCC1O. The molecule has 0 spiro atoms. The molecule has 3 aromatic rings. The molecule has 2 N–H and O–H groups in total. The first kappa shape index (κ1) is 20.9. The monoisotopic (exact) mass is 434 g/mol. The van der Waals surface area contributed by atoms with Crippen molar-refractivity contribution in [3.63, 3.8) is 0 Å². The number of rotatable bonds is 5. The lowest BCUT2D eigenvalue weighted by atomic mass is 9.93. The molecule has 1 aromatic carbocycles. The molecular formula is C24H30N6O2. The molecule has 168 valence electrons. The first-order chi connectivity index (χ1) is 15.7. The van der Waals surface area contributed by atoms with Crippen molar-refractivity contribution in [1.29, 1.82) is 0 Å². The first-order valence-corrected chi connectivity index (χ1v) is 11.7. The van der Waals surface area contributed by atoms with E-state index >= 15 is 0 Å². The third-order valence-corrected chi connectivity index (χ3v) is 6.71. The molecule has 1 aliphatic heterocycles. The van der Waals surface area contributed by atoms with Crippen molar-refractivity contribution in [2.75, 3.05) is 23.3 Å². The molecule has 2 fully saturated rings. The van der Waals surface area contributed by atoms with E-state index in [1.165, 1.54) is 4.68 Å². The van der Waals surface area contributed by atoms with Gasteiger partial charge in [0.25, 0.3) is 5.56 Å². The summed E-state index contributed by atoms with van der Waals surface area (Å²) in [4.78, 5) is 24.0. The number of benzene rings is 1. The number of nitrogens with one attached hydrogen (secondary N) is 1. The van der Waals surface area contributed by atoms with Crippen LogP contribution in [0.3, 0.4) is 0 Å². The van der Waals surface area contributed by atoms with Crippen molar-refractivity contribution in [1.82, 2.24) is 19.7 Å². The molecule has 3 atom stereocenters. The van der Waals surface area contributed by atoms with Gasteiger partial charge in [0, 0.05) is 25.2 Å². The molecule has 1 saturated heterocycles. The normalized spacial score (nSPS) is 23.9. The highest BCUT2D eigenvalue weighted by Gasteiger charge is 2.28. The second kappa shape index (κ2) is 9.24. The molecule has 3 unspecified atom stereocenters. The Balaban J connectivity index is 1.35. The number of anilines is 2. The molecule has 0 radical (unpaired) electrons. The Kier molecular flexibility index (Phi) is 6.03. The summed E-state index contributed by atoms with van der Waals surface area (Å²) in [5, 5.41) is 18.6. The van der Waals surface area contributed by atoms with E-state index < -0.39 is 6.10 Å². The van der Waals surface area contributed by atoms with E-state index in [-0.39, 0.29) is 17.6 Å². The number of aliphatic hydroxyl groups is 1. The topological polar surface area (TPSA) is 96.2 Å². The van der Waals surface area contributed by atoms with Crippen LogP contribution in [-0.2, 0) is 0 Å². The maximum Gasteiger partial charge on any atom is 0.267 e. The maximum atomic E-state index is 12.5. The molecular weight excluding hydrogens is 404 g/mol. The average Bonchev–Trinajstić information content (AvgIpc) is 2.84. The van der Waals surface area contributed by atoms with Crippen LogP contribution in [0.15, 0.2) is 47.4 Å². The van der Waals surface area contributed by atoms with Crippen molar-refractivity contribution in [2.45, 2.75) is 63.1 Å². The smallest absolute Gasteiger partial charge is 0.267 e. The highest BCUT2D eigenvalue weighted by atomic mass is 16.3. The van der Waals surface area contributed by atoms with E-state index in [9.17, 15) is 9.90 Å². The fraction of sp³-hybridized carbons (Fsp3) is 0.500. The molecule has 8 heteroatoms. The fourth-order valence-corrected chi connectivity index (χ4v) is 4.96. The van der Waals surface area contributed by atoms with Gasteiger partial charge in [-0.25, -0.2) is 9.67 Å². The summed E-state index contributed by atoms with van der Waals surface area (Å²) in [6, 6.07) is 11.3. The summed E-state index contributed by atoms with van der Waals surface area (Å²) in [6.07, 6.45) is 8.11. The van der Waals surface area contributed by atoms with E-state index in [4.69, 9.17) is 5.10 Å². The van der Waals surface area contributed by atoms with Gasteiger partial charge in [-0.05, 0) is 50.3 Å². The van der Waals surface area contributed by atoms with Crippen LogP contribution >= 0.6 is 0 Å². The quantitative estimate of drug-likeness (QED) is 0.637. The second-order valence-corrected chi connectivity index (χ2v) is 8.86. The summed E-state index contributed by atoms with van der Waals surface area (Å²) >= 11 is 0. The number of hydrogen-bond acceptors (Lipinski definition) is 7. The zero-order chi connectivity index (χ0) is 21.9. The van der Waals surface area contributed by atoms with E-state index in [1.54, 1.807) is 12.3 Å². The van der Waals surface area contributed by atoms with Crippen LogP contribution in [-0.4, -0.2) is 50.1 Å². The van der Waals surface area contributed by atoms with Gasteiger partial charge in [-0.1, -0.05) is 25.0 Å². The van der Waals surface area contributed by atoms with Gasteiger partial charge in [0.05, 0.1) is 29.4 Å². The molecule has 0 bridgehead atoms. The van der Waals surface area contributed by atoms with Crippen molar-refractivity contribution in [2.24, 2.45) is 0 Å². The maximum absolute atomic E-state index is 12.5. The van der Waals surface area contributed by atoms with Crippen LogP contribution in [0, 0.1) is 0 Å². The number of piperidine rings is 1. The van der Waals surface area contributed by atoms with Crippen LogP contribution in [0.4, 0.5) is 11.6 Å². The zero-order valence-electron chi connectivity index (χ0n) is 18.2. The van der Waals surface area contributed by atoms with E-state index in [0.717, 1.165) is 80.7 Å². The molecule has 2 aliphatic rings. The van der Waals surface area contributed by atoms with Gasteiger partial charge >= 0.3 is 0 Å². The number of fused-ring (bicyclic) bond motifs is 1. The third-order valence-electron chi connectivity index (χ3n) is 6.71. The Labute approximate surface area is 187 Å². The lowest BCUT2D eigenvalue weighted by molar-refractivity contribution is 0.0669. The van der Waals surface area contributed by atoms with Gasteiger partial charge in [-0.2, -0.15) is 5.10 Å². The van der Waals surface area contributed by atoms with Crippen LogP contribution < -0.4 is 15.8 Å². The van der Waals surface area contributed by atoms with Crippen molar-refractivity contribution < 1.29 is 5.11 Å². The van der Waals surface area contributed by atoms with Gasteiger partial charge in [0.2, 0.25) is 0 Å². The van der Waals surface area contributed by atoms with E-state index in [0.29, 0.717) is 0 Å². The molecule has 1 saturated carbocycles. The predicted octanol–water partition coefficient (Wildman–Crippen LogP) is 3.13. The number of aliphatic hydroxyl groups excluding tert-OH is 1. The number of aromatic nitrogens is 4. The highest BCUT2D eigenvalue weighted by molar-refractivity contribution is 5.75. The summed E-state index contributed by atoms with van der Waals surface area (Å²) in [6.45, 7) is 1.62. The van der Waals surface area contributed by atoms with Gasteiger partial charge < -0.3 is 15.3 Å². The summed E-state index contributed by atoms with van der Waals surface area (Å²) in [5.41, 5.74) is 1.62. The molecule has 0 amide bonds. The Morgan fingerprint density at radius 2 is 1.81 bits per heavy atom. The van der Waals surface area contributed by atoms with Gasteiger partial charge in [0.15, 0.2) is 0 Å². The minimum Gasteiger partial charge on any atom is -0.391 e. The highest BCUT2D eigenvalue weighted by Crippen LogP contribution is 2.28. The molecule has 8 nitrogen and oxygen atoms in total. The molecule has 1 aliphatic carbocycles. The largest absolute Gasteiger partial charge is 0.391 e. The Morgan fingerprint density at radius 3 is 2.69 bits per heavy atom. The van der Waals surface area contributed by atoms with E-state index in [2.05, 4.69) is 20.2 Å². The molecule has 5 rings (SSSR count). The van der Waals surface area contributed by atoms with Crippen LogP contribution in [0.25, 0.3) is 11.0 Å². The van der Waals surface area contributed by atoms with Crippen molar-refractivity contribution in [3.05, 3.63) is 52.9 Å². The first-order valence-electron chi connectivity index (χ1n) is 11.7. The fourth-order valence-electron chi connectivity index (χ4n) is 4.96. The standard InChI is InChI=1S/C24H30N6O2/c31-21-11-4-3-10-20(21)30-24(32)13-12-23(28-30)29-14-6-5-7-17(29)15-26-22-16-25-18-8-1-2-9-19(18)27-22/h1-2,8-9,12-13,16-17,20-21,31H,3-7,10-11,14-15H2,(H,26,27). The number of nitrogens with zero attached hydrogens (tertiary/aromatic N) is 5. The summed E-state index contributed by atoms with van der Waals surface area (Å²) in [5.74, 6) is 1.57. The van der Waals surface area contributed by atoms with Crippen LogP contribution in [0.1, 0.15) is 51.0 Å². The summed E-state index contributed by atoms with van der Waals surface area (Å²) < 4.78 is 1.52. The van der Waals surface area contributed by atoms with Gasteiger partial charge in [-0.15, -0.1) is 0 Å². The number of hydrogen-bond donors (Lipinski definition) is 2. The lowest BCUT2D eigenvalue weighted by Crippen LogP contribution is -2.45. The Bertz CT molecular complexity index is 1130. The van der Waals surface area contributed by atoms with Gasteiger partial charge in [-0.3, -0.25) is 9.78 Å². The third kappa shape index (κ3) is 4.32. The van der Waals surface area contributed by atoms with Crippen molar-refractivity contribution >= 4 is 22.7 Å². The minimum atomic E-state index is -0.505. The lowest BCUT2D eigenvalue weighted by Gasteiger charge is -2.37. The van der Waals surface area contributed by atoms with E-state index in [1.807, 2.05) is 30.3 Å².